The summed E-state index contributed by atoms with van der Waals surface area (Å²) in [4.78, 5) is 0. The average molecular weight is 252 g/mol. The standard InChI is InChI=1S/C8H17AsO4/c1-3-5-6-8-13-9(10,11)12-7-4-2/h4H,2-3,5-8H2,1H3,(H,10,11). The van der Waals surface area contributed by atoms with Crippen molar-refractivity contribution in [2.45, 2.75) is 26.2 Å². The summed E-state index contributed by atoms with van der Waals surface area (Å²) in [5.74, 6) is 0. The maximum atomic E-state index is 11.1. The van der Waals surface area contributed by atoms with Gasteiger partial charge in [-0.25, -0.2) is 0 Å². The van der Waals surface area contributed by atoms with Gasteiger partial charge in [0.2, 0.25) is 0 Å². The van der Waals surface area contributed by atoms with Crippen molar-refractivity contribution >= 4 is 14.5 Å². The number of hydrogen-bond donors (Lipinski definition) is 1. The molecule has 0 aromatic carbocycles. The van der Waals surface area contributed by atoms with Crippen molar-refractivity contribution in [3.8, 4) is 0 Å². The summed E-state index contributed by atoms with van der Waals surface area (Å²) < 4.78 is 29.5. The zero-order valence-electron chi connectivity index (χ0n) is 7.94. The van der Waals surface area contributed by atoms with E-state index < -0.39 is 14.5 Å². The van der Waals surface area contributed by atoms with Crippen LogP contribution in [0.3, 0.4) is 0 Å². The molecule has 78 valence electrons. The molecular weight excluding hydrogens is 235 g/mol. The van der Waals surface area contributed by atoms with Crippen molar-refractivity contribution in [1.29, 1.82) is 0 Å². The summed E-state index contributed by atoms with van der Waals surface area (Å²) in [6.07, 6.45) is 4.26. The van der Waals surface area contributed by atoms with Gasteiger partial charge in [-0.15, -0.1) is 0 Å². The summed E-state index contributed by atoms with van der Waals surface area (Å²) in [6, 6.07) is 0. The first-order valence-electron chi connectivity index (χ1n) is 4.35. The van der Waals surface area contributed by atoms with Gasteiger partial charge in [0.25, 0.3) is 0 Å². The molecule has 0 radical (unpaired) electrons. The Kier molecular flexibility index (Phi) is 7.38. The van der Waals surface area contributed by atoms with Crippen molar-refractivity contribution in [2.75, 3.05) is 13.2 Å². The molecule has 0 aliphatic carbocycles. The molecule has 5 heteroatoms. The van der Waals surface area contributed by atoms with Crippen LogP contribution in [-0.4, -0.2) is 31.8 Å². The van der Waals surface area contributed by atoms with Crippen LogP contribution in [0.25, 0.3) is 0 Å². The first-order valence-corrected chi connectivity index (χ1v) is 7.49. The molecule has 1 N–H and O–H groups in total. The first kappa shape index (κ1) is 13.0. The Labute approximate surface area is 82.3 Å². The van der Waals surface area contributed by atoms with Gasteiger partial charge in [-0.3, -0.25) is 0 Å². The molecule has 0 aromatic heterocycles. The number of unbranched alkanes of at least 4 members (excludes halogenated alkanes) is 2. The van der Waals surface area contributed by atoms with Crippen LogP contribution in [0.4, 0.5) is 0 Å². The predicted molar refractivity (Wildman–Crippen MR) is 50.3 cm³/mol. The van der Waals surface area contributed by atoms with Crippen LogP contribution in [0.1, 0.15) is 26.2 Å². The quantitative estimate of drug-likeness (QED) is 0.401. The van der Waals surface area contributed by atoms with Gasteiger partial charge in [-0.2, -0.15) is 0 Å². The van der Waals surface area contributed by atoms with E-state index in [9.17, 15) is 3.74 Å². The molecule has 0 heterocycles. The van der Waals surface area contributed by atoms with E-state index in [2.05, 4.69) is 17.2 Å². The molecular formula is C8H17AsO4. The van der Waals surface area contributed by atoms with Crippen LogP contribution in [0.2, 0.25) is 0 Å². The summed E-state index contributed by atoms with van der Waals surface area (Å²) in [7, 11) is 0. The fourth-order valence-corrected chi connectivity index (χ4v) is 2.24. The molecule has 1 unspecified atom stereocenters. The van der Waals surface area contributed by atoms with Gasteiger partial charge in [0.05, 0.1) is 0 Å². The number of hydrogen-bond acceptors (Lipinski definition) is 3. The van der Waals surface area contributed by atoms with Gasteiger partial charge in [0.1, 0.15) is 0 Å². The van der Waals surface area contributed by atoms with Crippen molar-refractivity contribution in [3.63, 3.8) is 0 Å². The van der Waals surface area contributed by atoms with E-state index in [4.69, 9.17) is 7.82 Å². The molecule has 0 saturated heterocycles. The minimum absolute atomic E-state index is 0.0563. The van der Waals surface area contributed by atoms with Crippen LogP contribution < -0.4 is 0 Å². The Morgan fingerprint density at radius 2 is 2.15 bits per heavy atom. The minimum atomic E-state index is -4.42. The zero-order chi connectivity index (χ0) is 10.2. The van der Waals surface area contributed by atoms with Crippen LogP contribution in [0.5, 0.6) is 0 Å². The molecule has 1 atom stereocenters. The second-order valence-corrected chi connectivity index (χ2v) is 5.64. The van der Waals surface area contributed by atoms with Gasteiger partial charge in [0, 0.05) is 0 Å². The van der Waals surface area contributed by atoms with E-state index in [1.807, 2.05) is 0 Å². The second kappa shape index (κ2) is 7.39. The molecule has 4 nitrogen and oxygen atoms in total. The average Bonchev–Trinajstić information content (AvgIpc) is 2.09. The Bertz CT molecular complexity index is 181. The first-order chi connectivity index (χ1) is 6.12. The Balaban J connectivity index is 3.50. The molecule has 0 aromatic rings. The summed E-state index contributed by atoms with van der Waals surface area (Å²) in [6.45, 7) is 5.77. The monoisotopic (exact) mass is 252 g/mol. The third-order valence-corrected chi connectivity index (χ3v) is 3.42. The Morgan fingerprint density at radius 3 is 2.69 bits per heavy atom. The molecule has 0 fully saturated rings. The van der Waals surface area contributed by atoms with E-state index in [0.717, 1.165) is 19.3 Å². The summed E-state index contributed by atoms with van der Waals surface area (Å²) in [5.41, 5.74) is 0. The van der Waals surface area contributed by atoms with Crippen LogP contribution in [0.15, 0.2) is 12.7 Å². The second-order valence-electron chi connectivity index (χ2n) is 2.59. The molecule has 0 rings (SSSR count). The molecule has 0 amide bonds. The van der Waals surface area contributed by atoms with E-state index in [-0.39, 0.29) is 13.2 Å². The third-order valence-electron chi connectivity index (χ3n) is 1.36. The van der Waals surface area contributed by atoms with E-state index in [0.29, 0.717) is 0 Å². The zero-order valence-corrected chi connectivity index (χ0v) is 9.82. The van der Waals surface area contributed by atoms with Crippen LogP contribution >= 0.6 is 0 Å². The third kappa shape index (κ3) is 8.31. The Hall–Kier alpha value is -0.0216. The van der Waals surface area contributed by atoms with Crippen LogP contribution in [-0.2, 0) is 11.2 Å². The van der Waals surface area contributed by atoms with Gasteiger partial charge in [0.15, 0.2) is 0 Å². The van der Waals surface area contributed by atoms with Crippen molar-refractivity contribution < 1.29 is 15.3 Å². The molecule has 0 spiro atoms. The summed E-state index contributed by atoms with van der Waals surface area (Å²) in [5, 5.41) is 0. The molecule has 0 bridgehead atoms. The van der Waals surface area contributed by atoms with Crippen molar-refractivity contribution in [2.24, 2.45) is 0 Å². The van der Waals surface area contributed by atoms with Crippen molar-refractivity contribution in [1.82, 2.24) is 0 Å². The van der Waals surface area contributed by atoms with Crippen LogP contribution in [0, 0.1) is 0 Å². The van der Waals surface area contributed by atoms with Gasteiger partial charge < -0.3 is 0 Å². The van der Waals surface area contributed by atoms with E-state index >= 15 is 0 Å². The molecule has 0 aliphatic rings. The van der Waals surface area contributed by atoms with E-state index in [1.165, 1.54) is 6.08 Å². The fourth-order valence-electron chi connectivity index (χ4n) is 0.716. The fraction of sp³-hybridized carbons (Fsp3) is 0.750. The van der Waals surface area contributed by atoms with Crippen molar-refractivity contribution in [3.05, 3.63) is 12.7 Å². The Morgan fingerprint density at radius 1 is 1.46 bits per heavy atom. The topological polar surface area (TPSA) is 55.8 Å². The summed E-state index contributed by atoms with van der Waals surface area (Å²) >= 11 is -4.42. The molecule has 0 aliphatic heterocycles. The number of rotatable bonds is 8. The molecule has 13 heavy (non-hydrogen) atoms. The SMILES string of the molecule is C=CCO[As](=O)(O)OCCCCC. The van der Waals surface area contributed by atoms with Gasteiger partial charge in [-0.05, 0) is 0 Å². The van der Waals surface area contributed by atoms with Gasteiger partial charge in [-0.1, -0.05) is 0 Å². The maximum absolute atomic E-state index is 11.1. The molecule has 0 saturated carbocycles. The van der Waals surface area contributed by atoms with Gasteiger partial charge >= 0.3 is 81.9 Å². The predicted octanol–water partition coefficient (Wildman–Crippen LogP) is 1.25. The normalized spacial score (nSPS) is 15.2. The van der Waals surface area contributed by atoms with E-state index in [1.54, 1.807) is 0 Å².